The Morgan fingerprint density at radius 3 is 2.33 bits per heavy atom. The smallest absolute Gasteiger partial charge is 0.223 e. The van der Waals surface area contributed by atoms with Gasteiger partial charge in [-0.2, -0.15) is 0 Å². The van der Waals surface area contributed by atoms with E-state index in [1.54, 1.807) is 0 Å². The largest absolute Gasteiger partial charge is 0.341 e. The van der Waals surface area contributed by atoms with Crippen LogP contribution in [0.5, 0.6) is 0 Å². The van der Waals surface area contributed by atoms with Crippen LogP contribution in [0.4, 0.5) is 0 Å². The molecule has 1 amide bonds. The van der Waals surface area contributed by atoms with Crippen LogP contribution in [-0.2, 0) is 4.79 Å². The Bertz CT molecular complexity index is 238. The average molecular weight is 229 g/mol. The van der Waals surface area contributed by atoms with Crippen LogP contribution in [0.2, 0.25) is 0 Å². The molecule has 1 aliphatic rings. The standard InChI is InChI=1S/C12H24NOP/c1-5-6-12(15)8-13(9-12)10(14)7-11(2,3)4/h5-9,15H2,1-4H3. The van der Waals surface area contributed by atoms with E-state index in [0.717, 1.165) is 13.1 Å². The Kier molecular flexibility index (Phi) is 3.81. The molecule has 2 nitrogen and oxygen atoms in total. The van der Waals surface area contributed by atoms with Crippen molar-refractivity contribution in [3.8, 4) is 0 Å². The fourth-order valence-corrected chi connectivity index (χ4v) is 2.84. The molecule has 0 aromatic carbocycles. The molecule has 0 N–H and O–H groups in total. The van der Waals surface area contributed by atoms with Crippen LogP contribution in [0, 0.1) is 5.41 Å². The average Bonchev–Trinajstić information content (AvgIpc) is 1.96. The first-order valence-electron chi connectivity index (χ1n) is 5.82. The second-order valence-electron chi connectivity index (χ2n) is 6.10. The third kappa shape index (κ3) is 3.75. The predicted octanol–water partition coefficient (Wildman–Crippen LogP) is 2.68. The van der Waals surface area contributed by atoms with Gasteiger partial charge in [0.1, 0.15) is 0 Å². The van der Waals surface area contributed by atoms with Crippen molar-refractivity contribution in [1.82, 2.24) is 4.90 Å². The normalized spacial score (nSPS) is 19.9. The summed E-state index contributed by atoms with van der Waals surface area (Å²) in [5.41, 5.74) is 0.112. The minimum atomic E-state index is 0.112. The maximum Gasteiger partial charge on any atom is 0.223 e. The summed E-state index contributed by atoms with van der Waals surface area (Å²) < 4.78 is 0. The summed E-state index contributed by atoms with van der Waals surface area (Å²) in [6.45, 7) is 10.4. The molecule has 1 unspecified atom stereocenters. The molecule has 1 fully saturated rings. The molecule has 0 saturated carbocycles. The lowest BCUT2D eigenvalue weighted by Gasteiger charge is -2.48. The summed E-state index contributed by atoms with van der Waals surface area (Å²) in [5, 5.41) is 0.322. The zero-order valence-corrected chi connectivity index (χ0v) is 11.6. The molecule has 0 aromatic heterocycles. The van der Waals surface area contributed by atoms with Gasteiger partial charge in [0.15, 0.2) is 0 Å². The first kappa shape index (κ1) is 13.0. The molecular weight excluding hydrogens is 205 g/mol. The number of amides is 1. The van der Waals surface area contributed by atoms with E-state index < -0.39 is 0 Å². The first-order chi connectivity index (χ1) is 6.76. The van der Waals surface area contributed by atoms with Crippen LogP contribution in [-0.4, -0.2) is 29.1 Å². The van der Waals surface area contributed by atoms with Gasteiger partial charge in [-0.1, -0.05) is 34.1 Å². The predicted molar refractivity (Wildman–Crippen MR) is 68.0 cm³/mol. The molecule has 15 heavy (non-hydrogen) atoms. The van der Waals surface area contributed by atoms with Crippen molar-refractivity contribution in [2.45, 2.75) is 52.1 Å². The lowest BCUT2D eigenvalue weighted by atomic mass is 9.88. The van der Waals surface area contributed by atoms with Crippen molar-refractivity contribution >= 4 is 15.1 Å². The summed E-state index contributed by atoms with van der Waals surface area (Å²) >= 11 is 0. The fourth-order valence-electron chi connectivity index (χ4n) is 2.11. The molecule has 88 valence electrons. The Morgan fingerprint density at radius 1 is 1.40 bits per heavy atom. The molecule has 0 aromatic rings. The summed E-state index contributed by atoms with van der Waals surface area (Å²) in [4.78, 5) is 13.8. The second-order valence-corrected chi connectivity index (χ2v) is 7.32. The van der Waals surface area contributed by atoms with Crippen LogP contribution in [0.1, 0.15) is 47.0 Å². The molecule has 1 heterocycles. The van der Waals surface area contributed by atoms with E-state index in [-0.39, 0.29) is 5.41 Å². The quantitative estimate of drug-likeness (QED) is 0.681. The van der Waals surface area contributed by atoms with Crippen LogP contribution in [0.3, 0.4) is 0 Å². The monoisotopic (exact) mass is 229 g/mol. The van der Waals surface area contributed by atoms with Crippen molar-refractivity contribution < 1.29 is 4.79 Å². The van der Waals surface area contributed by atoms with Crippen molar-refractivity contribution in [2.75, 3.05) is 13.1 Å². The van der Waals surface area contributed by atoms with Crippen molar-refractivity contribution in [3.05, 3.63) is 0 Å². The third-order valence-corrected chi connectivity index (χ3v) is 3.45. The summed E-state index contributed by atoms with van der Waals surface area (Å²) in [7, 11) is 2.93. The van der Waals surface area contributed by atoms with E-state index >= 15 is 0 Å². The maximum absolute atomic E-state index is 11.8. The zero-order valence-electron chi connectivity index (χ0n) is 10.5. The highest BCUT2D eigenvalue weighted by Gasteiger charge is 2.40. The number of rotatable bonds is 3. The fraction of sp³-hybridized carbons (Fsp3) is 0.917. The van der Waals surface area contributed by atoms with Gasteiger partial charge in [-0.15, -0.1) is 9.24 Å². The molecule has 0 aliphatic carbocycles. The third-order valence-electron chi connectivity index (χ3n) is 2.79. The molecular formula is C12H24NOP. The van der Waals surface area contributed by atoms with Crippen molar-refractivity contribution in [1.29, 1.82) is 0 Å². The van der Waals surface area contributed by atoms with Gasteiger partial charge in [0.25, 0.3) is 0 Å². The van der Waals surface area contributed by atoms with Gasteiger partial charge < -0.3 is 4.90 Å². The highest BCUT2D eigenvalue weighted by atomic mass is 31.0. The highest BCUT2D eigenvalue weighted by Crippen LogP contribution is 2.36. The lowest BCUT2D eigenvalue weighted by Crippen LogP contribution is -2.60. The van der Waals surface area contributed by atoms with E-state index in [2.05, 4.69) is 36.9 Å². The molecule has 1 rings (SSSR count). The van der Waals surface area contributed by atoms with Gasteiger partial charge in [-0.25, -0.2) is 0 Å². The van der Waals surface area contributed by atoms with Crippen molar-refractivity contribution in [3.63, 3.8) is 0 Å². The van der Waals surface area contributed by atoms with E-state index in [4.69, 9.17) is 0 Å². The second kappa shape index (κ2) is 4.41. The maximum atomic E-state index is 11.8. The van der Waals surface area contributed by atoms with Crippen LogP contribution < -0.4 is 0 Å². The van der Waals surface area contributed by atoms with E-state index in [1.807, 2.05) is 4.90 Å². The molecule has 3 heteroatoms. The van der Waals surface area contributed by atoms with Crippen LogP contribution >= 0.6 is 9.24 Å². The number of hydrogen-bond acceptors (Lipinski definition) is 1. The first-order valence-corrected chi connectivity index (χ1v) is 6.40. The lowest BCUT2D eigenvalue weighted by molar-refractivity contribution is -0.138. The number of likely N-dealkylation sites (tertiary alicyclic amines) is 1. The molecule has 0 bridgehead atoms. The van der Waals surface area contributed by atoms with Gasteiger partial charge in [0.05, 0.1) is 0 Å². The van der Waals surface area contributed by atoms with Gasteiger partial charge in [-0.05, 0) is 11.8 Å². The van der Waals surface area contributed by atoms with E-state index in [0.29, 0.717) is 17.5 Å². The molecule has 0 spiro atoms. The summed E-state index contributed by atoms with van der Waals surface area (Å²) in [6.07, 6.45) is 3.07. The number of carbonyl (C=O) groups is 1. The summed E-state index contributed by atoms with van der Waals surface area (Å²) in [5.74, 6) is 0.316. The van der Waals surface area contributed by atoms with Gasteiger partial charge >= 0.3 is 0 Å². The number of carbonyl (C=O) groups excluding carboxylic acids is 1. The summed E-state index contributed by atoms with van der Waals surface area (Å²) in [6, 6.07) is 0. The van der Waals surface area contributed by atoms with Crippen LogP contribution in [0.25, 0.3) is 0 Å². The van der Waals surface area contributed by atoms with Gasteiger partial charge in [-0.3, -0.25) is 4.79 Å². The highest BCUT2D eigenvalue weighted by molar-refractivity contribution is 7.19. The van der Waals surface area contributed by atoms with E-state index in [9.17, 15) is 4.79 Å². The SMILES string of the molecule is CCCC1(P)CN(C(=O)CC(C)(C)C)C1. The van der Waals surface area contributed by atoms with Gasteiger partial charge in [0, 0.05) is 24.7 Å². The van der Waals surface area contributed by atoms with E-state index in [1.165, 1.54) is 12.8 Å². The Hall–Kier alpha value is -0.100. The minimum absolute atomic E-state index is 0.112. The Morgan fingerprint density at radius 2 is 1.93 bits per heavy atom. The minimum Gasteiger partial charge on any atom is -0.341 e. The molecule has 1 aliphatic heterocycles. The topological polar surface area (TPSA) is 20.3 Å². The van der Waals surface area contributed by atoms with Crippen molar-refractivity contribution in [2.24, 2.45) is 5.41 Å². The molecule has 1 saturated heterocycles. The number of hydrogen-bond donors (Lipinski definition) is 0. The number of nitrogens with zero attached hydrogens (tertiary/aromatic N) is 1. The Labute approximate surface area is 96.0 Å². The molecule has 0 radical (unpaired) electrons. The Balaban J connectivity index is 2.35. The molecule has 1 atom stereocenters. The van der Waals surface area contributed by atoms with Gasteiger partial charge in [0.2, 0.25) is 5.91 Å². The zero-order chi connectivity index (χ0) is 11.7. The van der Waals surface area contributed by atoms with Crippen LogP contribution in [0.15, 0.2) is 0 Å².